The fraction of sp³-hybridized carbons (Fsp3) is 0.800. The molecule has 2 amide bonds. The van der Waals surface area contributed by atoms with Crippen LogP contribution in [0.1, 0.15) is 27.2 Å². The minimum Gasteiger partial charge on any atom is -0.352 e. The molecule has 0 aromatic rings. The quantitative estimate of drug-likeness (QED) is 0.753. The van der Waals surface area contributed by atoms with Crippen LogP contribution in [0.15, 0.2) is 0 Å². The van der Waals surface area contributed by atoms with Gasteiger partial charge in [-0.1, -0.05) is 32.5 Å². The molecule has 1 fully saturated rings. The Kier molecular flexibility index (Phi) is 3.65. The summed E-state index contributed by atoms with van der Waals surface area (Å²) in [5, 5.41) is 5.70. The second-order valence-electron chi connectivity index (χ2n) is 4.76. The van der Waals surface area contributed by atoms with Crippen LogP contribution in [0.25, 0.3) is 0 Å². The lowest BCUT2D eigenvalue weighted by molar-refractivity contribution is -0.128. The smallest absolute Gasteiger partial charge is 0.279 e. The number of nitrogens with one attached hydrogen (secondary N) is 2. The highest BCUT2D eigenvalue weighted by Crippen LogP contribution is 2.35. The Morgan fingerprint density at radius 2 is 1.93 bits per heavy atom. The van der Waals surface area contributed by atoms with E-state index in [0.29, 0.717) is 0 Å². The van der Waals surface area contributed by atoms with E-state index in [1.54, 1.807) is 7.05 Å². The number of rotatable bonds is 2. The molecule has 0 aromatic carbocycles. The molecule has 86 valence electrons. The zero-order valence-corrected chi connectivity index (χ0v) is 10.4. The van der Waals surface area contributed by atoms with Crippen molar-refractivity contribution < 1.29 is 9.59 Å². The fourth-order valence-corrected chi connectivity index (χ4v) is 1.96. The molecule has 5 heteroatoms. The van der Waals surface area contributed by atoms with Crippen molar-refractivity contribution in [2.24, 2.45) is 5.41 Å². The van der Waals surface area contributed by atoms with Crippen LogP contribution in [0.5, 0.6) is 0 Å². The average Bonchev–Trinajstić information content (AvgIpc) is 2.81. The third-order valence-corrected chi connectivity index (χ3v) is 3.43. The van der Waals surface area contributed by atoms with Crippen molar-refractivity contribution in [3.05, 3.63) is 0 Å². The Bertz CT molecular complexity index is 273. The van der Waals surface area contributed by atoms with Crippen LogP contribution >= 0.6 is 11.8 Å². The normalized spacial score (nSPS) is 24.5. The van der Waals surface area contributed by atoms with Crippen LogP contribution in [-0.4, -0.2) is 29.5 Å². The van der Waals surface area contributed by atoms with Crippen molar-refractivity contribution in [2.75, 3.05) is 7.05 Å². The first-order valence-corrected chi connectivity index (χ1v) is 5.92. The zero-order valence-electron chi connectivity index (χ0n) is 9.59. The lowest BCUT2D eigenvalue weighted by Gasteiger charge is -2.17. The van der Waals surface area contributed by atoms with E-state index in [0.717, 1.165) is 6.42 Å². The van der Waals surface area contributed by atoms with Crippen molar-refractivity contribution in [1.82, 2.24) is 10.6 Å². The van der Waals surface area contributed by atoms with E-state index in [1.165, 1.54) is 11.8 Å². The molecule has 0 radical (unpaired) electrons. The summed E-state index contributed by atoms with van der Waals surface area (Å²) in [5.74, 6) is 0.0486. The maximum absolute atomic E-state index is 11.6. The summed E-state index contributed by atoms with van der Waals surface area (Å²) in [4.78, 5) is 22.6. The summed E-state index contributed by atoms with van der Waals surface area (Å²) >= 11 is 1.26. The molecule has 0 heterocycles. The van der Waals surface area contributed by atoms with Gasteiger partial charge in [-0.3, -0.25) is 9.59 Å². The van der Waals surface area contributed by atoms with E-state index in [-0.39, 0.29) is 27.9 Å². The summed E-state index contributed by atoms with van der Waals surface area (Å²) in [7, 11) is 1.61. The van der Waals surface area contributed by atoms with Crippen LogP contribution in [-0.2, 0) is 4.79 Å². The van der Waals surface area contributed by atoms with Gasteiger partial charge in [-0.05, 0) is 6.42 Å². The Balaban J connectivity index is 2.28. The molecule has 2 atom stereocenters. The van der Waals surface area contributed by atoms with Crippen molar-refractivity contribution in [3.63, 3.8) is 0 Å². The number of amides is 2. The molecule has 1 aliphatic rings. The molecule has 15 heavy (non-hydrogen) atoms. The first kappa shape index (κ1) is 12.4. The van der Waals surface area contributed by atoms with Crippen LogP contribution in [0, 0.1) is 5.41 Å². The van der Waals surface area contributed by atoms with Gasteiger partial charge in [0.25, 0.3) is 5.24 Å². The predicted octanol–water partition coefficient (Wildman–Crippen LogP) is 1.36. The van der Waals surface area contributed by atoms with E-state index in [9.17, 15) is 9.59 Å². The minimum absolute atomic E-state index is 0.0347. The van der Waals surface area contributed by atoms with E-state index in [2.05, 4.69) is 10.6 Å². The zero-order chi connectivity index (χ0) is 11.6. The first-order valence-electron chi connectivity index (χ1n) is 5.04. The largest absolute Gasteiger partial charge is 0.352 e. The molecular weight excluding hydrogens is 212 g/mol. The highest BCUT2D eigenvalue weighted by Gasteiger charge is 2.41. The third-order valence-electron chi connectivity index (χ3n) is 2.19. The Hall–Kier alpha value is -0.710. The Labute approximate surface area is 94.6 Å². The molecule has 0 aliphatic heterocycles. The van der Waals surface area contributed by atoms with Gasteiger partial charge in [0, 0.05) is 23.8 Å². The topological polar surface area (TPSA) is 58.2 Å². The van der Waals surface area contributed by atoms with Crippen LogP contribution in [0.4, 0.5) is 4.79 Å². The molecule has 2 N–H and O–H groups in total. The molecule has 4 nitrogen and oxygen atoms in total. The Morgan fingerprint density at radius 3 is 2.40 bits per heavy atom. The maximum Gasteiger partial charge on any atom is 0.279 e. The first-order chi connectivity index (χ1) is 6.84. The van der Waals surface area contributed by atoms with Gasteiger partial charge in [0.2, 0.25) is 5.91 Å². The Morgan fingerprint density at radius 1 is 1.33 bits per heavy atom. The third kappa shape index (κ3) is 3.74. The minimum atomic E-state index is -0.356. The molecule has 0 spiro atoms. The van der Waals surface area contributed by atoms with E-state index in [4.69, 9.17) is 0 Å². The molecular formula is C10H18N2O2S. The molecule has 1 saturated carbocycles. The number of hydrogen-bond donors (Lipinski definition) is 2. The number of carbonyl (C=O) groups excluding carboxylic acids is 2. The predicted molar refractivity (Wildman–Crippen MR) is 61.8 cm³/mol. The molecule has 0 bridgehead atoms. The summed E-state index contributed by atoms with van der Waals surface area (Å²) in [6, 6.07) is 0.166. The summed E-state index contributed by atoms with van der Waals surface area (Å²) in [6.45, 7) is 5.64. The maximum atomic E-state index is 11.6. The van der Waals surface area contributed by atoms with E-state index < -0.39 is 0 Å². The summed E-state index contributed by atoms with van der Waals surface area (Å²) in [6.07, 6.45) is 0.889. The number of carbonyl (C=O) groups is 2. The van der Waals surface area contributed by atoms with Crippen LogP contribution in [0.3, 0.4) is 0 Å². The van der Waals surface area contributed by atoms with Gasteiger partial charge in [-0.2, -0.15) is 0 Å². The van der Waals surface area contributed by atoms with E-state index >= 15 is 0 Å². The summed E-state index contributed by atoms with van der Waals surface area (Å²) < 4.78 is 0. The number of hydrogen-bond acceptors (Lipinski definition) is 3. The second kappa shape index (κ2) is 4.43. The van der Waals surface area contributed by atoms with Crippen molar-refractivity contribution >= 4 is 22.9 Å². The molecule has 0 saturated heterocycles. The molecule has 1 rings (SSSR count). The molecule has 0 aromatic heterocycles. The van der Waals surface area contributed by atoms with Gasteiger partial charge in [0.15, 0.2) is 0 Å². The van der Waals surface area contributed by atoms with Crippen molar-refractivity contribution in [1.29, 1.82) is 0 Å². The van der Waals surface area contributed by atoms with Crippen molar-refractivity contribution in [3.8, 4) is 0 Å². The SMILES string of the molecule is CNC(=O)SC1CC1NC(=O)C(C)(C)C. The average molecular weight is 230 g/mol. The lowest BCUT2D eigenvalue weighted by atomic mass is 9.96. The van der Waals surface area contributed by atoms with Gasteiger partial charge in [0.1, 0.15) is 0 Å². The van der Waals surface area contributed by atoms with Gasteiger partial charge in [-0.15, -0.1) is 0 Å². The van der Waals surface area contributed by atoms with Crippen molar-refractivity contribution in [2.45, 2.75) is 38.5 Å². The van der Waals surface area contributed by atoms with Gasteiger partial charge < -0.3 is 10.6 Å². The van der Waals surface area contributed by atoms with Crippen LogP contribution in [0.2, 0.25) is 0 Å². The standard InChI is InChI=1S/C10H18N2O2S/c1-10(2,3)8(13)12-6-5-7(6)15-9(14)11-4/h6-7H,5H2,1-4H3,(H,11,14)(H,12,13). The van der Waals surface area contributed by atoms with Gasteiger partial charge in [-0.25, -0.2) is 0 Å². The summed E-state index contributed by atoms with van der Waals surface area (Å²) in [5.41, 5.74) is -0.356. The van der Waals surface area contributed by atoms with E-state index in [1.807, 2.05) is 20.8 Å². The van der Waals surface area contributed by atoms with Gasteiger partial charge >= 0.3 is 0 Å². The lowest BCUT2D eigenvalue weighted by Crippen LogP contribution is -2.37. The highest BCUT2D eigenvalue weighted by molar-refractivity contribution is 8.14. The molecule has 2 unspecified atom stereocenters. The number of thioether (sulfide) groups is 1. The highest BCUT2D eigenvalue weighted by atomic mass is 32.2. The van der Waals surface area contributed by atoms with Gasteiger partial charge in [0.05, 0.1) is 0 Å². The molecule has 1 aliphatic carbocycles. The fourth-order valence-electron chi connectivity index (χ4n) is 1.04. The van der Waals surface area contributed by atoms with Crippen LogP contribution < -0.4 is 10.6 Å². The second-order valence-corrected chi connectivity index (χ2v) is 5.97. The monoisotopic (exact) mass is 230 g/mol.